The van der Waals surface area contributed by atoms with Crippen LogP contribution in [0.2, 0.25) is 0 Å². The summed E-state index contributed by atoms with van der Waals surface area (Å²) >= 11 is 0. The number of aryl methyl sites for hydroxylation is 1. The van der Waals surface area contributed by atoms with Crippen LogP contribution in [-0.2, 0) is 13.6 Å². The van der Waals surface area contributed by atoms with Gasteiger partial charge in [0, 0.05) is 28.6 Å². The molecular weight excluding hydrogens is 560 g/mol. The van der Waals surface area contributed by atoms with Gasteiger partial charge in [0.25, 0.3) is 0 Å². The molecule has 0 saturated carbocycles. The molecule has 0 unspecified atom stereocenters. The normalized spacial score (nSPS) is 14.4. The average molecular weight is 593 g/mol. The first-order valence-electron chi connectivity index (χ1n) is 15.3. The van der Waals surface area contributed by atoms with Crippen molar-refractivity contribution in [3.05, 3.63) is 119 Å². The van der Waals surface area contributed by atoms with Crippen LogP contribution in [0.5, 0.6) is 0 Å². The number of rotatable bonds is 6. The molecule has 8 rings (SSSR count). The van der Waals surface area contributed by atoms with E-state index >= 15 is 0 Å². The third-order valence-corrected chi connectivity index (χ3v) is 8.90. The number of aromatic nitrogens is 7. The quantitative estimate of drug-likeness (QED) is 0.234. The van der Waals surface area contributed by atoms with Crippen molar-refractivity contribution < 1.29 is 0 Å². The smallest absolute Gasteiger partial charge is 0.306 e. The van der Waals surface area contributed by atoms with E-state index in [4.69, 9.17) is 4.98 Å². The minimum absolute atomic E-state index is 0.151. The molecule has 222 valence electrons. The second-order valence-corrected chi connectivity index (χ2v) is 11.9. The molecule has 0 radical (unpaired) electrons. The Morgan fingerprint density at radius 3 is 2.36 bits per heavy atom. The molecule has 1 aliphatic rings. The summed E-state index contributed by atoms with van der Waals surface area (Å²) in [5, 5.41) is 13.6. The minimum atomic E-state index is -0.151. The zero-order valence-corrected chi connectivity index (χ0v) is 24.9. The molecule has 9 nitrogen and oxygen atoms in total. The highest BCUT2D eigenvalue weighted by Crippen LogP contribution is 2.35. The summed E-state index contributed by atoms with van der Waals surface area (Å²) in [6.45, 7) is 3.02. The van der Waals surface area contributed by atoms with Crippen molar-refractivity contribution in [2.24, 2.45) is 7.05 Å². The SMILES string of the molecule is Cn1nnc(-c2ccc3nc(-c4ccc(CN5CCC(c6ccc7[nH]c(=O)[nH]c7c6)CC5)cc4)c(-c4ccccc4)cc3c2)n1. The number of tetrazole rings is 1. The fourth-order valence-corrected chi connectivity index (χ4v) is 6.53. The van der Waals surface area contributed by atoms with Crippen molar-refractivity contribution in [3.63, 3.8) is 0 Å². The summed E-state index contributed by atoms with van der Waals surface area (Å²) in [5.41, 5.74) is 10.3. The number of pyridine rings is 1. The molecular formula is C36H32N8O. The average Bonchev–Trinajstić information content (AvgIpc) is 3.69. The van der Waals surface area contributed by atoms with Crippen LogP contribution >= 0.6 is 0 Å². The first kappa shape index (κ1) is 27.2. The highest BCUT2D eigenvalue weighted by molar-refractivity contribution is 5.93. The van der Waals surface area contributed by atoms with Crippen LogP contribution in [0.3, 0.4) is 0 Å². The molecule has 1 saturated heterocycles. The van der Waals surface area contributed by atoms with Crippen molar-refractivity contribution >= 4 is 21.9 Å². The Morgan fingerprint density at radius 1 is 0.800 bits per heavy atom. The highest BCUT2D eigenvalue weighted by atomic mass is 16.1. The standard InChI is InChI=1S/C36H32N8O/c1-43-41-35(40-42-43)28-12-13-31-29(19-28)20-30(25-5-3-2-4-6-25)34(37-31)26-9-7-23(8-10-26)22-44-17-15-24(16-18-44)27-11-14-32-33(21-27)39-36(45)38-32/h2-14,19-21,24H,15-18,22H2,1H3,(H2,38,39,45). The van der Waals surface area contributed by atoms with Gasteiger partial charge < -0.3 is 9.97 Å². The van der Waals surface area contributed by atoms with Gasteiger partial charge in [0.2, 0.25) is 5.82 Å². The molecule has 2 N–H and O–H groups in total. The molecule has 0 amide bonds. The fraction of sp³-hybridized carbons (Fsp3) is 0.194. The number of fused-ring (bicyclic) bond motifs is 2. The van der Waals surface area contributed by atoms with Gasteiger partial charge in [0.1, 0.15) is 0 Å². The van der Waals surface area contributed by atoms with E-state index in [1.165, 1.54) is 15.9 Å². The number of benzene rings is 4. The van der Waals surface area contributed by atoms with Crippen LogP contribution in [0, 0.1) is 0 Å². The number of likely N-dealkylation sites (tertiary alicyclic amines) is 1. The first-order valence-corrected chi connectivity index (χ1v) is 15.3. The zero-order chi connectivity index (χ0) is 30.3. The van der Waals surface area contributed by atoms with Crippen molar-refractivity contribution in [1.29, 1.82) is 0 Å². The van der Waals surface area contributed by atoms with Gasteiger partial charge in [-0.2, -0.15) is 4.80 Å². The van der Waals surface area contributed by atoms with E-state index in [2.05, 4.69) is 103 Å². The van der Waals surface area contributed by atoms with Crippen molar-refractivity contribution in [2.45, 2.75) is 25.3 Å². The summed E-state index contributed by atoms with van der Waals surface area (Å²) in [6, 6.07) is 34.0. The van der Waals surface area contributed by atoms with Gasteiger partial charge in [-0.05, 0) is 90.2 Å². The number of hydrogen-bond donors (Lipinski definition) is 2. The Hall–Kier alpha value is -5.41. The topological polar surface area (TPSA) is 108 Å². The maximum Gasteiger partial charge on any atom is 0.323 e. The van der Waals surface area contributed by atoms with Crippen LogP contribution in [-0.4, -0.2) is 53.1 Å². The molecule has 1 fully saturated rings. The first-order chi connectivity index (χ1) is 22.1. The number of nitrogens with one attached hydrogen (secondary N) is 2. The number of piperidine rings is 1. The van der Waals surface area contributed by atoms with E-state index in [1.54, 1.807) is 7.05 Å². The van der Waals surface area contributed by atoms with E-state index < -0.39 is 0 Å². The van der Waals surface area contributed by atoms with Crippen LogP contribution in [0.25, 0.3) is 55.7 Å². The van der Waals surface area contributed by atoms with Gasteiger partial charge in [-0.3, -0.25) is 4.90 Å². The third-order valence-electron chi connectivity index (χ3n) is 8.90. The van der Waals surface area contributed by atoms with E-state index in [-0.39, 0.29) is 5.69 Å². The van der Waals surface area contributed by atoms with Gasteiger partial charge in [-0.25, -0.2) is 9.78 Å². The van der Waals surface area contributed by atoms with Crippen molar-refractivity contribution in [2.75, 3.05) is 13.1 Å². The van der Waals surface area contributed by atoms with Crippen LogP contribution < -0.4 is 5.69 Å². The Balaban J connectivity index is 1.02. The monoisotopic (exact) mass is 592 g/mol. The van der Waals surface area contributed by atoms with Crippen LogP contribution in [0.15, 0.2) is 102 Å². The molecule has 7 aromatic rings. The van der Waals surface area contributed by atoms with E-state index in [9.17, 15) is 4.79 Å². The fourth-order valence-electron chi connectivity index (χ4n) is 6.53. The Labute approximate surface area is 259 Å². The number of aromatic amines is 2. The summed E-state index contributed by atoms with van der Waals surface area (Å²) < 4.78 is 0. The van der Waals surface area contributed by atoms with Gasteiger partial charge in [0.15, 0.2) is 0 Å². The second-order valence-electron chi connectivity index (χ2n) is 11.9. The summed E-state index contributed by atoms with van der Waals surface area (Å²) in [7, 11) is 1.77. The molecule has 0 bridgehead atoms. The highest BCUT2D eigenvalue weighted by Gasteiger charge is 2.21. The summed E-state index contributed by atoms with van der Waals surface area (Å²) in [6.07, 6.45) is 2.21. The van der Waals surface area contributed by atoms with E-state index in [0.717, 1.165) is 82.4 Å². The largest absolute Gasteiger partial charge is 0.323 e. The lowest BCUT2D eigenvalue weighted by atomic mass is 9.89. The van der Waals surface area contributed by atoms with E-state index in [1.807, 2.05) is 24.3 Å². The number of H-pyrrole nitrogens is 2. The van der Waals surface area contributed by atoms with Gasteiger partial charge in [-0.15, -0.1) is 10.2 Å². The molecule has 4 aromatic carbocycles. The molecule has 1 aliphatic heterocycles. The minimum Gasteiger partial charge on any atom is -0.306 e. The molecule has 4 heterocycles. The second kappa shape index (κ2) is 11.3. The molecule has 0 spiro atoms. The van der Waals surface area contributed by atoms with Gasteiger partial charge in [0.05, 0.1) is 29.3 Å². The van der Waals surface area contributed by atoms with Crippen molar-refractivity contribution in [3.8, 4) is 33.8 Å². The Kier molecular flexibility index (Phi) is 6.80. The molecule has 0 aliphatic carbocycles. The van der Waals surface area contributed by atoms with Gasteiger partial charge in [-0.1, -0.05) is 60.7 Å². The maximum atomic E-state index is 11.7. The maximum absolute atomic E-state index is 11.7. The lowest BCUT2D eigenvalue weighted by Crippen LogP contribution is -2.32. The third kappa shape index (κ3) is 5.42. The van der Waals surface area contributed by atoms with E-state index in [0.29, 0.717) is 11.7 Å². The zero-order valence-electron chi connectivity index (χ0n) is 24.9. The predicted molar refractivity (Wildman–Crippen MR) is 177 cm³/mol. The molecule has 9 heteroatoms. The Morgan fingerprint density at radius 2 is 1.58 bits per heavy atom. The molecule has 0 atom stereocenters. The van der Waals surface area contributed by atoms with Crippen LogP contribution in [0.1, 0.15) is 29.9 Å². The lowest BCUT2D eigenvalue weighted by molar-refractivity contribution is 0.204. The predicted octanol–water partition coefficient (Wildman–Crippen LogP) is 6.31. The number of hydrogen-bond acceptors (Lipinski definition) is 6. The van der Waals surface area contributed by atoms with Crippen molar-refractivity contribution in [1.82, 2.24) is 40.1 Å². The van der Waals surface area contributed by atoms with Gasteiger partial charge >= 0.3 is 5.69 Å². The number of nitrogens with zero attached hydrogens (tertiary/aromatic N) is 6. The number of imidazole rings is 1. The van der Waals surface area contributed by atoms with Crippen LogP contribution in [0.4, 0.5) is 0 Å². The Bertz CT molecular complexity index is 2190. The lowest BCUT2D eigenvalue weighted by Gasteiger charge is -2.32. The summed E-state index contributed by atoms with van der Waals surface area (Å²) in [5.74, 6) is 1.11. The molecule has 45 heavy (non-hydrogen) atoms. The summed E-state index contributed by atoms with van der Waals surface area (Å²) in [4.78, 5) is 26.6. The molecule has 3 aromatic heterocycles.